The standard InChI is InChI=1S/C12H16BrFN2O/c1-3-16(2)12(17)15-7-6-9-8-10(13)4-5-11(9)14/h4-5,8H,3,6-7H2,1-2H3,(H,15,17). The number of carbonyl (C=O) groups excluding carboxylic acids is 1. The van der Waals surface area contributed by atoms with E-state index in [-0.39, 0.29) is 11.8 Å². The zero-order chi connectivity index (χ0) is 12.8. The largest absolute Gasteiger partial charge is 0.338 e. The molecule has 0 aromatic heterocycles. The fourth-order valence-electron chi connectivity index (χ4n) is 1.32. The normalized spacial score (nSPS) is 10.1. The Kier molecular flexibility index (Phi) is 5.41. The van der Waals surface area contributed by atoms with Crippen LogP contribution in [0.3, 0.4) is 0 Å². The highest BCUT2D eigenvalue weighted by Crippen LogP contribution is 2.15. The second-order valence-electron chi connectivity index (χ2n) is 3.73. The van der Waals surface area contributed by atoms with E-state index in [0.29, 0.717) is 25.1 Å². The van der Waals surface area contributed by atoms with E-state index in [9.17, 15) is 9.18 Å². The van der Waals surface area contributed by atoms with Gasteiger partial charge in [-0.3, -0.25) is 0 Å². The molecule has 1 rings (SSSR count). The van der Waals surface area contributed by atoms with Crippen LogP contribution in [0, 0.1) is 5.82 Å². The predicted octanol–water partition coefficient (Wildman–Crippen LogP) is 2.79. The summed E-state index contributed by atoms with van der Waals surface area (Å²) in [5, 5.41) is 2.73. The van der Waals surface area contributed by atoms with Crippen molar-refractivity contribution < 1.29 is 9.18 Å². The van der Waals surface area contributed by atoms with Gasteiger partial charge in [-0.2, -0.15) is 0 Å². The molecular weight excluding hydrogens is 287 g/mol. The maximum Gasteiger partial charge on any atom is 0.317 e. The molecule has 1 aromatic rings. The summed E-state index contributed by atoms with van der Waals surface area (Å²) in [6.45, 7) is 2.97. The third kappa shape index (κ3) is 4.34. The first kappa shape index (κ1) is 14.0. The second kappa shape index (κ2) is 6.59. The first-order valence-corrected chi connectivity index (χ1v) is 6.26. The minimum atomic E-state index is -0.244. The molecule has 0 aliphatic heterocycles. The van der Waals surface area contributed by atoms with E-state index in [1.54, 1.807) is 24.1 Å². The van der Waals surface area contributed by atoms with Crippen LogP contribution in [0.1, 0.15) is 12.5 Å². The third-order valence-electron chi connectivity index (χ3n) is 2.50. The Hall–Kier alpha value is -1.10. The topological polar surface area (TPSA) is 32.3 Å². The first-order valence-electron chi connectivity index (χ1n) is 5.47. The van der Waals surface area contributed by atoms with E-state index in [4.69, 9.17) is 0 Å². The van der Waals surface area contributed by atoms with Crippen LogP contribution in [0.2, 0.25) is 0 Å². The molecule has 0 aliphatic rings. The number of amides is 2. The van der Waals surface area contributed by atoms with Gasteiger partial charge in [0.05, 0.1) is 0 Å². The Morgan fingerprint density at radius 3 is 2.88 bits per heavy atom. The highest BCUT2D eigenvalue weighted by atomic mass is 79.9. The summed E-state index contributed by atoms with van der Waals surface area (Å²) in [5.41, 5.74) is 0.596. The van der Waals surface area contributed by atoms with Crippen molar-refractivity contribution in [3.63, 3.8) is 0 Å². The van der Waals surface area contributed by atoms with Gasteiger partial charge in [0.15, 0.2) is 0 Å². The van der Waals surface area contributed by atoms with E-state index >= 15 is 0 Å². The van der Waals surface area contributed by atoms with Crippen LogP contribution in [0.25, 0.3) is 0 Å². The molecule has 0 heterocycles. The number of benzene rings is 1. The number of nitrogens with one attached hydrogen (secondary N) is 1. The number of rotatable bonds is 4. The molecule has 94 valence electrons. The van der Waals surface area contributed by atoms with Gasteiger partial charge in [-0.25, -0.2) is 9.18 Å². The van der Waals surface area contributed by atoms with Crippen LogP contribution in [0.5, 0.6) is 0 Å². The zero-order valence-corrected chi connectivity index (χ0v) is 11.6. The average molecular weight is 303 g/mol. The lowest BCUT2D eigenvalue weighted by Crippen LogP contribution is -2.38. The Bertz CT molecular complexity index is 398. The molecule has 2 amide bonds. The van der Waals surface area contributed by atoms with Gasteiger partial charge in [-0.15, -0.1) is 0 Å². The van der Waals surface area contributed by atoms with E-state index in [2.05, 4.69) is 21.2 Å². The second-order valence-corrected chi connectivity index (χ2v) is 4.65. The maximum absolute atomic E-state index is 13.4. The fraction of sp³-hybridized carbons (Fsp3) is 0.417. The Labute approximate surface area is 109 Å². The van der Waals surface area contributed by atoms with Crippen molar-refractivity contribution in [2.24, 2.45) is 0 Å². The molecule has 17 heavy (non-hydrogen) atoms. The summed E-state index contributed by atoms with van der Waals surface area (Å²) >= 11 is 3.29. The van der Waals surface area contributed by atoms with Crippen LogP contribution < -0.4 is 5.32 Å². The molecule has 0 unspecified atom stereocenters. The molecule has 0 fully saturated rings. The number of urea groups is 1. The van der Waals surface area contributed by atoms with Gasteiger partial charge < -0.3 is 10.2 Å². The highest BCUT2D eigenvalue weighted by Gasteiger charge is 2.06. The minimum absolute atomic E-state index is 0.136. The predicted molar refractivity (Wildman–Crippen MR) is 69.5 cm³/mol. The van der Waals surface area contributed by atoms with Crippen molar-refractivity contribution in [1.82, 2.24) is 10.2 Å². The van der Waals surface area contributed by atoms with Crippen LogP contribution in [0.4, 0.5) is 9.18 Å². The lowest BCUT2D eigenvalue weighted by molar-refractivity contribution is 0.211. The van der Waals surface area contributed by atoms with E-state index in [0.717, 1.165) is 4.47 Å². The van der Waals surface area contributed by atoms with Crippen molar-refractivity contribution in [1.29, 1.82) is 0 Å². The van der Waals surface area contributed by atoms with Crippen molar-refractivity contribution in [3.05, 3.63) is 34.1 Å². The highest BCUT2D eigenvalue weighted by molar-refractivity contribution is 9.10. The van der Waals surface area contributed by atoms with Crippen molar-refractivity contribution in [2.75, 3.05) is 20.1 Å². The summed E-state index contributed by atoms with van der Waals surface area (Å²) in [6.07, 6.45) is 0.481. The molecule has 0 atom stereocenters. The number of hydrogen-bond acceptors (Lipinski definition) is 1. The molecule has 1 N–H and O–H groups in total. The molecular formula is C12H16BrFN2O. The van der Waals surface area contributed by atoms with Gasteiger partial charge >= 0.3 is 6.03 Å². The minimum Gasteiger partial charge on any atom is -0.338 e. The Balaban J connectivity index is 2.46. The van der Waals surface area contributed by atoms with Crippen molar-refractivity contribution >= 4 is 22.0 Å². The molecule has 0 bridgehead atoms. The average Bonchev–Trinajstić information content (AvgIpc) is 2.32. The lowest BCUT2D eigenvalue weighted by atomic mass is 10.1. The summed E-state index contributed by atoms with van der Waals surface area (Å²) in [5.74, 6) is -0.244. The molecule has 0 spiro atoms. The molecule has 0 aliphatic carbocycles. The first-order chi connectivity index (χ1) is 8.04. The number of halogens is 2. The Morgan fingerprint density at radius 1 is 1.53 bits per heavy atom. The smallest absolute Gasteiger partial charge is 0.317 e. The van der Waals surface area contributed by atoms with E-state index in [1.165, 1.54) is 6.07 Å². The quantitative estimate of drug-likeness (QED) is 0.911. The van der Waals surface area contributed by atoms with E-state index in [1.807, 2.05) is 6.92 Å². The Morgan fingerprint density at radius 2 is 2.24 bits per heavy atom. The molecule has 5 heteroatoms. The zero-order valence-electron chi connectivity index (χ0n) is 9.96. The summed E-state index contributed by atoms with van der Waals surface area (Å²) in [6, 6.07) is 4.66. The van der Waals surface area contributed by atoms with Crippen molar-refractivity contribution in [2.45, 2.75) is 13.3 Å². The molecule has 0 radical (unpaired) electrons. The van der Waals surface area contributed by atoms with E-state index < -0.39 is 0 Å². The molecule has 1 aromatic carbocycles. The van der Waals surface area contributed by atoms with Gasteiger partial charge in [-0.1, -0.05) is 15.9 Å². The van der Waals surface area contributed by atoms with Gasteiger partial charge in [0, 0.05) is 24.6 Å². The monoisotopic (exact) mass is 302 g/mol. The third-order valence-corrected chi connectivity index (χ3v) is 2.99. The van der Waals surface area contributed by atoms with Gasteiger partial charge in [-0.05, 0) is 37.1 Å². The molecule has 0 saturated heterocycles. The maximum atomic E-state index is 13.4. The molecule has 3 nitrogen and oxygen atoms in total. The summed E-state index contributed by atoms with van der Waals surface area (Å²) < 4.78 is 14.2. The van der Waals surface area contributed by atoms with Gasteiger partial charge in [0.1, 0.15) is 5.82 Å². The number of carbonyl (C=O) groups is 1. The summed E-state index contributed by atoms with van der Waals surface area (Å²) in [7, 11) is 1.72. The summed E-state index contributed by atoms with van der Waals surface area (Å²) in [4.78, 5) is 13.0. The lowest BCUT2D eigenvalue weighted by Gasteiger charge is -2.15. The van der Waals surface area contributed by atoms with Crippen molar-refractivity contribution in [3.8, 4) is 0 Å². The van der Waals surface area contributed by atoms with Gasteiger partial charge in [0.2, 0.25) is 0 Å². The SMILES string of the molecule is CCN(C)C(=O)NCCc1cc(Br)ccc1F. The number of hydrogen-bond donors (Lipinski definition) is 1. The molecule has 0 saturated carbocycles. The van der Waals surface area contributed by atoms with Gasteiger partial charge in [0.25, 0.3) is 0 Å². The fourth-order valence-corrected chi connectivity index (χ4v) is 1.73. The van der Waals surface area contributed by atoms with Crippen LogP contribution in [-0.4, -0.2) is 31.1 Å². The van der Waals surface area contributed by atoms with Crippen LogP contribution >= 0.6 is 15.9 Å². The number of nitrogens with zero attached hydrogens (tertiary/aromatic N) is 1. The van der Waals surface area contributed by atoms with Crippen LogP contribution in [-0.2, 0) is 6.42 Å². The van der Waals surface area contributed by atoms with Crippen LogP contribution in [0.15, 0.2) is 22.7 Å².